The van der Waals surface area contributed by atoms with E-state index in [0.29, 0.717) is 52.1 Å². The Bertz CT molecular complexity index is 1110. The molecule has 2 aliphatic heterocycles. The summed E-state index contributed by atoms with van der Waals surface area (Å²) in [6.45, 7) is 3.25. The molecule has 3 aromatic rings. The number of piperidine rings is 1. The van der Waals surface area contributed by atoms with Gasteiger partial charge >= 0.3 is 5.97 Å². The van der Waals surface area contributed by atoms with Gasteiger partial charge in [-0.25, -0.2) is 14.8 Å². The summed E-state index contributed by atoms with van der Waals surface area (Å²) in [6, 6.07) is 3.64. The number of hydrogen-bond donors (Lipinski definition) is 3. The van der Waals surface area contributed by atoms with Gasteiger partial charge < -0.3 is 29.6 Å². The summed E-state index contributed by atoms with van der Waals surface area (Å²) in [5.41, 5.74) is 2.12. The Hall–Kier alpha value is -3.33. The third-order valence-electron chi connectivity index (χ3n) is 5.81. The summed E-state index contributed by atoms with van der Waals surface area (Å²) in [6.07, 6.45) is 9.33. The molecule has 3 N–H and O–H groups in total. The normalized spacial score (nSPS) is 17.0. The first-order valence-corrected chi connectivity index (χ1v) is 11.0. The molecular formula is C23H26N4O5. The van der Waals surface area contributed by atoms with E-state index in [0.717, 1.165) is 0 Å². The second-order valence-electron chi connectivity index (χ2n) is 8.19. The lowest BCUT2D eigenvalue weighted by Gasteiger charge is -2.13. The summed E-state index contributed by atoms with van der Waals surface area (Å²) < 4.78 is 17.2. The maximum absolute atomic E-state index is 11.4. The van der Waals surface area contributed by atoms with Crippen LogP contribution in [0.2, 0.25) is 0 Å². The minimum atomic E-state index is -1.05. The van der Waals surface area contributed by atoms with Crippen LogP contribution in [0.25, 0.3) is 22.3 Å². The number of carboxylic acids is 1. The third-order valence-corrected chi connectivity index (χ3v) is 5.81. The van der Waals surface area contributed by atoms with Gasteiger partial charge in [-0.05, 0) is 56.8 Å². The molecule has 1 aliphatic carbocycles. The van der Waals surface area contributed by atoms with E-state index in [4.69, 9.17) is 14.2 Å². The molecule has 0 spiro atoms. The predicted molar refractivity (Wildman–Crippen MR) is 117 cm³/mol. The van der Waals surface area contributed by atoms with E-state index in [1.54, 1.807) is 0 Å². The van der Waals surface area contributed by atoms with Crippen LogP contribution in [0.15, 0.2) is 24.7 Å². The molecule has 9 heteroatoms. The van der Waals surface area contributed by atoms with Crippen LogP contribution >= 0.6 is 0 Å². The van der Waals surface area contributed by atoms with Gasteiger partial charge in [-0.3, -0.25) is 0 Å². The molecule has 2 aromatic heterocycles. The molecule has 2 fully saturated rings. The van der Waals surface area contributed by atoms with Gasteiger partial charge in [0.25, 0.3) is 0 Å². The van der Waals surface area contributed by atoms with E-state index in [-0.39, 0.29) is 12.4 Å². The van der Waals surface area contributed by atoms with Gasteiger partial charge in [0, 0.05) is 6.20 Å². The van der Waals surface area contributed by atoms with Crippen LogP contribution < -0.4 is 19.5 Å². The van der Waals surface area contributed by atoms with Crippen molar-refractivity contribution in [1.29, 1.82) is 0 Å². The van der Waals surface area contributed by atoms with Crippen molar-refractivity contribution in [2.45, 2.75) is 32.1 Å². The number of aromatic nitrogens is 3. The largest absolute Gasteiger partial charge is 0.492 e. The molecule has 0 unspecified atom stereocenters. The Balaban J connectivity index is 0.000000314. The molecule has 6 rings (SSSR count). The fourth-order valence-corrected chi connectivity index (χ4v) is 3.88. The van der Waals surface area contributed by atoms with Gasteiger partial charge in [0.05, 0.1) is 17.7 Å². The molecule has 0 atom stereocenters. The van der Waals surface area contributed by atoms with Gasteiger partial charge in [-0.15, -0.1) is 0 Å². The SMILES string of the molecule is C1CCNCC1.O=C(O)c1c[nH]c2c(-c3c(OCC4CC4)ccc4c3OCO4)ncnc12. The number of ether oxygens (including phenoxy) is 3. The molecular weight excluding hydrogens is 412 g/mol. The molecule has 1 saturated carbocycles. The molecule has 1 saturated heterocycles. The number of nitrogens with zero attached hydrogens (tertiary/aromatic N) is 2. The number of H-pyrrole nitrogens is 1. The van der Waals surface area contributed by atoms with E-state index in [1.807, 2.05) is 12.1 Å². The molecule has 0 amide bonds. The fraction of sp³-hybridized carbons (Fsp3) is 0.435. The molecule has 4 heterocycles. The first kappa shape index (κ1) is 20.6. The highest BCUT2D eigenvalue weighted by atomic mass is 16.7. The van der Waals surface area contributed by atoms with Gasteiger partial charge in [0.2, 0.25) is 6.79 Å². The topological polar surface area (TPSA) is 119 Å². The Morgan fingerprint density at radius 1 is 1.16 bits per heavy atom. The van der Waals surface area contributed by atoms with Gasteiger partial charge in [0.15, 0.2) is 11.5 Å². The number of rotatable bonds is 5. The number of carbonyl (C=O) groups is 1. The second-order valence-corrected chi connectivity index (χ2v) is 8.19. The Labute approximate surface area is 185 Å². The van der Waals surface area contributed by atoms with Crippen molar-refractivity contribution >= 4 is 17.0 Å². The highest BCUT2D eigenvalue weighted by Gasteiger charge is 2.28. The van der Waals surface area contributed by atoms with E-state index < -0.39 is 5.97 Å². The molecule has 9 nitrogen and oxygen atoms in total. The van der Waals surface area contributed by atoms with Crippen LogP contribution in [-0.4, -0.2) is 52.5 Å². The van der Waals surface area contributed by atoms with Crippen molar-refractivity contribution in [2.75, 3.05) is 26.5 Å². The summed E-state index contributed by atoms with van der Waals surface area (Å²) in [4.78, 5) is 22.9. The number of fused-ring (bicyclic) bond motifs is 2. The average Bonchev–Trinajstić information content (AvgIpc) is 3.35. The third kappa shape index (κ3) is 4.20. The number of aromatic amines is 1. The summed E-state index contributed by atoms with van der Waals surface area (Å²) in [5, 5.41) is 12.6. The lowest BCUT2D eigenvalue weighted by Crippen LogP contribution is -2.21. The van der Waals surface area contributed by atoms with Crippen LogP contribution in [-0.2, 0) is 0 Å². The van der Waals surface area contributed by atoms with E-state index >= 15 is 0 Å². The first-order valence-electron chi connectivity index (χ1n) is 11.0. The average molecular weight is 438 g/mol. The van der Waals surface area contributed by atoms with Crippen LogP contribution in [0.3, 0.4) is 0 Å². The zero-order valence-electron chi connectivity index (χ0n) is 17.7. The van der Waals surface area contributed by atoms with Crippen molar-refractivity contribution in [2.24, 2.45) is 5.92 Å². The predicted octanol–water partition coefficient (Wildman–Crippen LogP) is 3.60. The van der Waals surface area contributed by atoms with Crippen molar-refractivity contribution in [3.63, 3.8) is 0 Å². The lowest BCUT2D eigenvalue weighted by molar-refractivity contribution is 0.0699. The first-order chi connectivity index (χ1) is 15.7. The van der Waals surface area contributed by atoms with Crippen molar-refractivity contribution in [1.82, 2.24) is 20.3 Å². The Morgan fingerprint density at radius 2 is 2.00 bits per heavy atom. The van der Waals surface area contributed by atoms with E-state index in [1.165, 1.54) is 57.7 Å². The summed E-state index contributed by atoms with van der Waals surface area (Å²) in [5.74, 6) is 1.32. The highest BCUT2D eigenvalue weighted by Crippen LogP contribution is 2.48. The van der Waals surface area contributed by atoms with E-state index in [9.17, 15) is 9.90 Å². The summed E-state index contributed by atoms with van der Waals surface area (Å²) in [7, 11) is 0. The molecule has 0 bridgehead atoms. The Kier molecular flexibility index (Phi) is 5.81. The number of hydrogen-bond acceptors (Lipinski definition) is 7. The second kappa shape index (κ2) is 9.04. The quantitative estimate of drug-likeness (QED) is 0.553. The maximum Gasteiger partial charge on any atom is 0.339 e. The van der Waals surface area contributed by atoms with Crippen LogP contribution in [0.1, 0.15) is 42.5 Å². The highest BCUT2D eigenvalue weighted by molar-refractivity contribution is 6.05. The molecule has 0 radical (unpaired) electrons. The number of aromatic carboxylic acids is 1. The lowest BCUT2D eigenvalue weighted by atomic mass is 10.1. The van der Waals surface area contributed by atoms with Crippen molar-refractivity contribution in [3.05, 3.63) is 30.2 Å². The molecule has 3 aliphatic rings. The minimum absolute atomic E-state index is 0.0915. The summed E-state index contributed by atoms with van der Waals surface area (Å²) >= 11 is 0. The van der Waals surface area contributed by atoms with Gasteiger partial charge in [0.1, 0.15) is 28.9 Å². The van der Waals surface area contributed by atoms with Gasteiger partial charge in [-0.2, -0.15) is 0 Å². The molecule has 168 valence electrons. The minimum Gasteiger partial charge on any atom is -0.492 e. The molecule has 32 heavy (non-hydrogen) atoms. The maximum atomic E-state index is 11.4. The monoisotopic (exact) mass is 438 g/mol. The number of nitrogens with one attached hydrogen (secondary N) is 2. The van der Waals surface area contributed by atoms with Crippen LogP contribution in [0.5, 0.6) is 17.2 Å². The van der Waals surface area contributed by atoms with Gasteiger partial charge in [-0.1, -0.05) is 6.42 Å². The van der Waals surface area contributed by atoms with E-state index in [2.05, 4.69) is 20.3 Å². The Morgan fingerprint density at radius 3 is 2.69 bits per heavy atom. The number of carboxylic acid groups (broad SMARTS) is 1. The fourth-order valence-electron chi connectivity index (χ4n) is 3.88. The van der Waals surface area contributed by atoms with Crippen molar-refractivity contribution in [3.8, 4) is 28.5 Å². The standard InChI is InChI=1S/C18H15N3O5.C5H11N/c22-18(23)10-5-19-16-14(10)20-7-21-15(16)13-11(24-6-9-1-2-9)3-4-12-17(13)26-8-25-12;1-2-4-6-5-3-1/h3-5,7,9,19H,1-2,6,8H2,(H,22,23);6H,1-5H2. The molecule has 1 aromatic carbocycles. The zero-order valence-corrected chi connectivity index (χ0v) is 17.7. The zero-order chi connectivity index (χ0) is 21.9. The van der Waals surface area contributed by atoms with Crippen molar-refractivity contribution < 1.29 is 24.1 Å². The number of benzene rings is 1. The van der Waals surface area contributed by atoms with Crippen LogP contribution in [0, 0.1) is 5.92 Å². The van der Waals surface area contributed by atoms with Crippen LogP contribution in [0.4, 0.5) is 0 Å². The smallest absolute Gasteiger partial charge is 0.339 e.